The van der Waals surface area contributed by atoms with Crippen LogP contribution in [-0.2, 0) is 32.1 Å². The van der Waals surface area contributed by atoms with E-state index in [0.29, 0.717) is 11.1 Å². The van der Waals surface area contributed by atoms with E-state index >= 15 is 8.78 Å². The fraction of sp³-hybridized carbons (Fsp3) is 0.321. The lowest BCUT2D eigenvalue weighted by Gasteiger charge is -2.29. The highest BCUT2D eigenvalue weighted by atomic mass is 19.1. The monoisotopic (exact) mass is 748 g/mol. The van der Waals surface area contributed by atoms with Crippen molar-refractivity contribution in [2.45, 2.75) is 103 Å². The highest BCUT2D eigenvalue weighted by Gasteiger charge is 2.27. The Labute approximate surface area is 334 Å². The van der Waals surface area contributed by atoms with Gasteiger partial charge in [-0.1, -0.05) is 162 Å². The zero-order valence-corrected chi connectivity index (χ0v) is 33.8. The van der Waals surface area contributed by atoms with Crippen molar-refractivity contribution in [2.75, 3.05) is 7.11 Å². The predicted octanol–water partition coefficient (Wildman–Crippen LogP) is 14.7. The molecule has 0 aliphatic rings. The second kappa shape index (κ2) is 20.2. The standard InChI is InChI=1S/C53H58F2O/c1-5-8-9-10-11-13-40-21-33-49(53(55)37-40)43-22-18-42(19-23-43)35-51(46-28-30-47(56-4)31-29-46)50(34-41-16-14-39(12-6-2)15-17-41)45-26-24-44(25-27-45)48-32-20-38(7-3)36-52(48)54/h14-33,36-37,50-51H,5-13,34-35H2,1-4H3. The van der Waals surface area contributed by atoms with Gasteiger partial charge in [0.25, 0.3) is 0 Å². The summed E-state index contributed by atoms with van der Waals surface area (Å²) in [6.45, 7) is 6.49. The fourth-order valence-electron chi connectivity index (χ4n) is 8.10. The zero-order chi connectivity index (χ0) is 39.3. The molecule has 0 bridgehead atoms. The van der Waals surface area contributed by atoms with Crippen molar-refractivity contribution in [1.29, 1.82) is 0 Å². The minimum absolute atomic E-state index is 0.113. The lowest BCUT2D eigenvalue weighted by Crippen LogP contribution is -2.17. The van der Waals surface area contributed by atoms with Crippen LogP contribution in [0.15, 0.2) is 133 Å². The molecule has 0 saturated carbocycles. The topological polar surface area (TPSA) is 9.23 Å². The van der Waals surface area contributed by atoms with E-state index < -0.39 is 0 Å². The summed E-state index contributed by atoms with van der Waals surface area (Å²) < 4.78 is 36.3. The Morgan fingerprint density at radius 3 is 1.43 bits per heavy atom. The lowest BCUT2D eigenvalue weighted by molar-refractivity contribution is 0.414. The van der Waals surface area contributed by atoms with Gasteiger partial charge >= 0.3 is 0 Å². The molecule has 0 aromatic heterocycles. The van der Waals surface area contributed by atoms with Crippen molar-refractivity contribution in [1.82, 2.24) is 0 Å². The van der Waals surface area contributed by atoms with Crippen LogP contribution in [0.4, 0.5) is 8.78 Å². The van der Waals surface area contributed by atoms with Crippen LogP contribution < -0.4 is 4.74 Å². The SMILES string of the molecule is CCCCCCCc1ccc(-c2ccc(CC(c3ccc(OC)cc3)C(Cc3ccc(CCC)cc3)c3ccc(-c4ccc(CC)cc4F)cc3)cc2)c(F)c1. The summed E-state index contributed by atoms with van der Waals surface area (Å²) in [7, 11) is 1.70. The van der Waals surface area contributed by atoms with Crippen LogP contribution >= 0.6 is 0 Å². The Hall–Kier alpha value is -5.02. The first-order valence-corrected chi connectivity index (χ1v) is 20.9. The first kappa shape index (κ1) is 40.6. The molecule has 0 saturated heterocycles. The van der Waals surface area contributed by atoms with Gasteiger partial charge in [-0.05, 0) is 125 Å². The number of ether oxygens (including phenoxy) is 1. The number of unbranched alkanes of at least 4 members (excludes halogenated alkanes) is 4. The number of aryl methyl sites for hydroxylation is 3. The normalized spacial score (nSPS) is 12.4. The fourth-order valence-corrected chi connectivity index (χ4v) is 8.10. The van der Waals surface area contributed by atoms with Crippen molar-refractivity contribution in [3.8, 4) is 28.0 Å². The summed E-state index contributed by atoms with van der Waals surface area (Å²) in [5.74, 6) is 0.712. The Kier molecular flexibility index (Phi) is 14.7. The van der Waals surface area contributed by atoms with Crippen molar-refractivity contribution in [3.05, 3.63) is 184 Å². The average Bonchev–Trinajstić information content (AvgIpc) is 3.23. The second-order valence-electron chi connectivity index (χ2n) is 15.4. The summed E-state index contributed by atoms with van der Waals surface area (Å²) >= 11 is 0. The summed E-state index contributed by atoms with van der Waals surface area (Å²) in [4.78, 5) is 0. The number of benzene rings is 6. The first-order valence-electron chi connectivity index (χ1n) is 20.9. The van der Waals surface area contributed by atoms with E-state index in [4.69, 9.17) is 4.74 Å². The molecule has 0 aliphatic heterocycles. The Morgan fingerprint density at radius 2 is 0.911 bits per heavy atom. The quantitative estimate of drug-likeness (QED) is 0.0750. The van der Waals surface area contributed by atoms with Gasteiger partial charge in [0.2, 0.25) is 0 Å². The van der Waals surface area contributed by atoms with Gasteiger partial charge < -0.3 is 4.74 Å². The Balaban J connectivity index is 1.32. The van der Waals surface area contributed by atoms with Crippen molar-refractivity contribution in [3.63, 3.8) is 0 Å². The van der Waals surface area contributed by atoms with Gasteiger partial charge in [-0.25, -0.2) is 8.78 Å². The first-order chi connectivity index (χ1) is 27.4. The summed E-state index contributed by atoms with van der Waals surface area (Å²) in [6.07, 6.45) is 11.6. The minimum Gasteiger partial charge on any atom is -0.497 e. The molecule has 0 amide bonds. The predicted molar refractivity (Wildman–Crippen MR) is 232 cm³/mol. The van der Waals surface area contributed by atoms with Gasteiger partial charge in [0.15, 0.2) is 0 Å². The molecule has 2 atom stereocenters. The zero-order valence-electron chi connectivity index (χ0n) is 33.8. The highest BCUT2D eigenvalue weighted by molar-refractivity contribution is 5.66. The molecule has 56 heavy (non-hydrogen) atoms. The molecular weight excluding hydrogens is 691 g/mol. The molecule has 0 aliphatic carbocycles. The molecule has 2 unspecified atom stereocenters. The van der Waals surface area contributed by atoms with Gasteiger partial charge in [-0.2, -0.15) is 0 Å². The van der Waals surface area contributed by atoms with E-state index in [1.807, 2.05) is 37.3 Å². The highest BCUT2D eigenvalue weighted by Crippen LogP contribution is 2.40. The third-order valence-corrected chi connectivity index (χ3v) is 11.5. The van der Waals surface area contributed by atoms with E-state index in [2.05, 4.69) is 105 Å². The maximum Gasteiger partial charge on any atom is 0.131 e. The van der Waals surface area contributed by atoms with Crippen LogP contribution in [0.25, 0.3) is 22.3 Å². The number of hydrogen-bond acceptors (Lipinski definition) is 1. The molecule has 6 rings (SSSR count). The van der Waals surface area contributed by atoms with Crippen molar-refractivity contribution >= 4 is 0 Å². The summed E-state index contributed by atoms with van der Waals surface area (Å²) in [5.41, 5.74) is 11.4. The number of hydrogen-bond donors (Lipinski definition) is 0. The molecule has 1 nitrogen and oxygen atoms in total. The Bertz CT molecular complexity index is 2100. The van der Waals surface area contributed by atoms with Crippen molar-refractivity contribution < 1.29 is 13.5 Å². The average molecular weight is 749 g/mol. The second-order valence-corrected chi connectivity index (χ2v) is 15.4. The maximum atomic E-state index is 15.5. The molecule has 6 aromatic rings. The van der Waals surface area contributed by atoms with Gasteiger partial charge in [-0.15, -0.1) is 0 Å². The maximum absolute atomic E-state index is 15.5. The minimum atomic E-state index is -0.186. The Morgan fingerprint density at radius 1 is 0.446 bits per heavy atom. The molecule has 290 valence electrons. The number of rotatable bonds is 19. The van der Waals surface area contributed by atoms with E-state index in [0.717, 1.165) is 72.9 Å². The van der Waals surface area contributed by atoms with E-state index in [-0.39, 0.29) is 23.5 Å². The van der Waals surface area contributed by atoms with Crippen LogP contribution in [0.3, 0.4) is 0 Å². The van der Waals surface area contributed by atoms with E-state index in [9.17, 15) is 0 Å². The molecule has 0 radical (unpaired) electrons. The van der Waals surface area contributed by atoms with E-state index in [1.54, 1.807) is 19.2 Å². The van der Waals surface area contributed by atoms with Gasteiger partial charge in [0.05, 0.1) is 7.11 Å². The van der Waals surface area contributed by atoms with Gasteiger partial charge in [0, 0.05) is 11.1 Å². The van der Waals surface area contributed by atoms with Crippen LogP contribution in [0, 0.1) is 11.6 Å². The van der Waals surface area contributed by atoms with Crippen LogP contribution in [0.2, 0.25) is 0 Å². The smallest absolute Gasteiger partial charge is 0.131 e. The van der Waals surface area contributed by atoms with Crippen LogP contribution in [0.5, 0.6) is 5.75 Å². The third-order valence-electron chi connectivity index (χ3n) is 11.5. The molecule has 0 N–H and O–H groups in total. The van der Waals surface area contributed by atoms with Gasteiger partial charge in [0.1, 0.15) is 17.4 Å². The number of halogens is 2. The van der Waals surface area contributed by atoms with Crippen molar-refractivity contribution in [2.24, 2.45) is 0 Å². The largest absolute Gasteiger partial charge is 0.497 e. The molecule has 0 spiro atoms. The van der Waals surface area contributed by atoms with Crippen LogP contribution in [-0.4, -0.2) is 7.11 Å². The molecule has 3 heteroatoms. The number of methoxy groups -OCH3 is 1. The molecule has 0 heterocycles. The summed E-state index contributed by atoms with van der Waals surface area (Å²) in [5, 5.41) is 0. The van der Waals surface area contributed by atoms with Gasteiger partial charge in [-0.3, -0.25) is 0 Å². The molecular formula is C53H58F2O. The molecule has 0 fully saturated rings. The summed E-state index contributed by atoms with van der Waals surface area (Å²) in [6, 6.07) is 45.9. The lowest BCUT2D eigenvalue weighted by atomic mass is 9.74. The third kappa shape index (κ3) is 10.6. The molecule has 6 aromatic carbocycles. The van der Waals surface area contributed by atoms with Crippen LogP contribution in [0.1, 0.15) is 110 Å². The van der Waals surface area contributed by atoms with E-state index in [1.165, 1.54) is 53.5 Å².